The Balaban J connectivity index is 1.13. The van der Waals surface area contributed by atoms with E-state index >= 15 is 0 Å². The lowest BCUT2D eigenvalue weighted by atomic mass is 9.95. The molecule has 5 nitrogen and oxygen atoms in total. The quantitative estimate of drug-likeness (QED) is 0.152. The van der Waals surface area contributed by atoms with Gasteiger partial charge >= 0.3 is 0 Å². The van der Waals surface area contributed by atoms with E-state index < -0.39 is 8.07 Å². The van der Waals surface area contributed by atoms with Gasteiger partial charge in [0.15, 0.2) is 25.5 Å². The van der Waals surface area contributed by atoms with E-state index in [-0.39, 0.29) is 0 Å². The first-order valence-corrected chi connectivity index (χ1v) is 21.2. The molecule has 8 aromatic carbocycles. The van der Waals surface area contributed by atoms with Gasteiger partial charge in [0.05, 0.1) is 11.6 Å². The molecule has 0 aliphatic carbocycles. The maximum absolute atomic E-state index is 10.4. The molecule has 0 fully saturated rings. The largest absolute Gasteiger partial charge is 0.457 e. The molecule has 0 radical (unpaired) electrons. The molecular weight excluding hydrogens is 725 g/mol. The first-order valence-electron chi connectivity index (χ1n) is 19.2. The van der Waals surface area contributed by atoms with Gasteiger partial charge in [-0.05, 0) is 67.8 Å². The number of ether oxygens (including phenoxy) is 1. The van der Waals surface area contributed by atoms with Crippen LogP contribution in [0.2, 0.25) is 0 Å². The molecular formula is C52H34N4OSi. The highest BCUT2D eigenvalue weighted by Crippen LogP contribution is 2.39. The second-order valence-corrected chi connectivity index (χ2v) is 18.0. The molecule has 1 aromatic heterocycles. The minimum Gasteiger partial charge on any atom is -0.457 e. The van der Waals surface area contributed by atoms with Gasteiger partial charge in [0.25, 0.3) is 0 Å². The number of nitrogens with zero attached hydrogens (tertiary/aromatic N) is 4. The van der Waals surface area contributed by atoms with E-state index in [0.29, 0.717) is 23.0 Å². The molecule has 58 heavy (non-hydrogen) atoms. The summed E-state index contributed by atoms with van der Waals surface area (Å²) in [5, 5.41) is 15.4. The highest BCUT2D eigenvalue weighted by molar-refractivity contribution is 7.20. The number of rotatable bonds is 7. The van der Waals surface area contributed by atoms with E-state index in [9.17, 15) is 5.26 Å². The SMILES string of the molecule is N#Cc1cc(-c2cccc(-c3nc(-c4ccccc4)nc(-c4ccccc4)n3)c2)cc(-c2cccc3c2Oc2ccccc2[Si]3(c2ccccc2)c2ccccc2)c1. The summed E-state index contributed by atoms with van der Waals surface area (Å²) in [6.07, 6.45) is 0. The van der Waals surface area contributed by atoms with E-state index in [4.69, 9.17) is 19.7 Å². The average Bonchev–Trinajstić information content (AvgIpc) is 3.31. The third-order valence-electron chi connectivity index (χ3n) is 10.9. The van der Waals surface area contributed by atoms with E-state index in [2.05, 4.69) is 121 Å². The molecule has 1 aliphatic heterocycles. The van der Waals surface area contributed by atoms with Gasteiger partial charge in [-0.2, -0.15) is 5.26 Å². The third kappa shape index (κ3) is 6.07. The zero-order valence-corrected chi connectivity index (χ0v) is 32.3. The first-order chi connectivity index (χ1) is 28.7. The Morgan fingerprint density at radius 2 is 0.862 bits per heavy atom. The van der Waals surface area contributed by atoms with Crippen molar-refractivity contribution < 1.29 is 4.74 Å². The summed E-state index contributed by atoms with van der Waals surface area (Å²) in [5.41, 5.74) is 6.89. The summed E-state index contributed by atoms with van der Waals surface area (Å²) < 4.78 is 6.98. The van der Waals surface area contributed by atoms with Crippen molar-refractivity contribution in [3.05, 3.63) is 212 Å². The smallest absolute Gasteiger partial charge is 0.188 e. The molecule has 0 spiro atoms. The zero-order chi connectivity index (χ0) is 38.9. The monoisotopic (exact) mass is 758 g/mol. The average molecular weight is 759 g/mol. The van der Waals surface area contributed by atoms with Crippen molar-refractivity contribution in [3.8, 4) is 74.0 Å². The van der Waals surface area contributed by atoms with Gasteiger partial charge in [0.1, 0.15) is 11.5 Å². The maximum Gasteiger partial charge on any atom is 0.188 e. The fraction of sp³-hybridized carbons (Fsp3) is 0. The van der Waals surface area contributed by atoms with E-state index in [0.717, 1.165) is 50.4 Å². The number of hydrogen-bond donors (Lipinski definition) is 0. The highest BCUT2D eigenvalue weighted by atomic mass is 28.3. The third-order valence-corrected chi connectivity index (χ3v) is 15.7. The van der Waals surface area contributed by atoms with Crippen molar-refractivity contribution in [1.82, 2.24) is 15.0 Å². The van der Waals surface area contributed by atoms with Crippen molar-refractivity contribution in [1.29, 1.82) is 5.26 Å². The van der Waals surface area contributed by atoms with Crippen LogP contribution in [-0.2, 0) is 0 Å². The summed E-state index contributed by atoms with van der Waals surface area (Å²) in [7, 11) is -2.85. The second kappa shape index (κ2) is 14.7. The Labute approximate surface area is 338 Å². The highest BCUT2D eigenvalue weighted by Gasteiger charge is 2.48. The van der Waals surface area contributed by atoms with Gasteiger partial charge in [-0.1, -0.05) is 176 Å². The molecule has 6 heteroatoms. The van der Waals surface area contributed by atoms with E-state index in [1.807, 2.05) is 91.0 Å². The lowest BCUT2D eigenvalue weighted by Gasteiger charge is -2.40. The molecule has 0 saturated carbocycles. The summed E-state index contributed by atoms with van der Waals surface area (Å²) in [6, 6.07) is 73.3. The molecule has 1 aliphatic rings. The molecule has 0 bridgehead atoms. The maximum atomic E-state index is 10.4. The Morgan fingerprint density at radius 1 is 0.397 bits per heavy atom. The van der Waals surface area contributed by atoms with Crippen LogP contribution in [0, 0.1) is 11.3 Å². The van der Waals surface area contributed by atoms with Crippen molar-refractivity contribution in [2.24, 2.45) is 0 Å². The summed E-state index contributed by atoms with van der Waals surface area (Å²) in [4.78, 5) is 14.8. The molecule has 0 saturated heterocycles. The minimum absolute atomic E-state index is 0.555. The summed E-state index contributed by atoms with van der Waals surface area (Å²) in [5.74, 6) is 3.45. The van der Waals surface area contributed by atoms with Crippen molar-refractivity contribution >= 4 is 28.8 Å². The molecule has 0 unspecified atom stereocenters. The van der Waals surface area contributed by atoms with Crippen LogP contribution in [-0.4, -0.2) is 23.0 Å². The van der Waals surface area contributed by atoms with Gasteiger partial charge in [0, 0.05) is 22.3 Å². The number of aromatic nitrogens is 3. The Kier molecular flexibility index (Phi) is 8.83. The molecule has 0 atom stereocenters. The van der Waals surface area contributed by atoms with Gasteiger partial charge in [0.2, 0.25) is 0 Å². The van der Waals surface area contributed by atoms with Gasteiger partial charge in [-0.25, -0.2) is 15.0 Å². The fourth-order valence-corrected chi connectivity index (χ4v) is 13.2. The number of nitriles is 1. The topological polar surface area (TPSA) is 71.7 Å². The summed E-state index contributed by atoms with van der Waals surface area (Å²) >= 11 is 0. The van der Waals surface area contributed by atoms with Crippen LogP contribution < -0.4 is 25.5 Å². The lowest BCUT2D eigenvalue weighted by Crippen LogP contribution is -2.76. The molecule has 10 rings (SSSR count). The molecule has 9 aromatic rings. The van der Waals surface area contributed by atoms with Crippen LogP contribution in [0.1, 0.15) is 5.56 Å². The van der Waals surface area contributed by atoms with Crippen LogP contribution in [0.4, 0.5) is 0 Å². The van der Waals surface area contributed by atoms with Crippen LogP contribution in [0.25, 0.3) is 56.4 Å². The number of fused-ring (bicyclic) bond motifs is 2. The molecule has 0 N–H and O–H groups in total. The van der Waals surface area contributed by atoms with Crippen LogP contribution in [0.3, 0.4) is 0 Å². The molecule has 272 valence electrons. The van der Waals surface area contributed by atoms with Gasteiger partial charge in [-0.15, -0.1) is 0 Å². The van der Waals surface area contributed by atoms with Crippen LogP contribution in [0.5, 0.6) is 11.5 Å². The Morgan fingerprint density at radius 3 is 1.48 bits per heavy atom. The lowest BCUT2D eigenvalue weighted by molar-refractivity contribution is 0.489. The van der Waals surface area contributed by atoms with Crippen LogP contribution in [0.15, 0.2) is 206 Å². The Bertz CT molecular complexity index is 2890. The van der Waals surface area contributed by atoms with Gasteiger partial charge < -0.3 is 4.74 Å². The predicted molar refractivity (Wildman–Crippen MR) is 235 cm³/mol. The first kappa shape index (κ1) is 34.7. The second-order valence-electron chi connectivity index (χ2n) is 14.3. The molecule has 0 amide bonds. The number of benzene rings is 8. The van der Waals surface area contributed by atoms with E-state index in [1.165, 1.54) is 20.7 Å². The zero-order valence-electron chi connectivity index (χ0n) is 31.3. The normalized spacial score (nSPS) is 12.4. The van der Waals surface area contributed by atoms with E-state index in [1.54, 1.807) is 0 Å². The molecule has 2 heterocycles. The Hall–Kier alpha value is -7.72. The number of hydrogen-bond acceptors (Lipinski definition) is 5. The van der Waals surface area contributed by atoms with Gasteiger partial charge in [-0.3, -0.25) is 0 Å². The van der Waals surface area contributed by atoms with Crippen molar-refractivity contribution in [2.75, 3.05) is 0 Å². The summed E-state index contributed by atoms with van der Waals surface area (Å²) in [6.45, 7) is 0. The number of para-hydroxylation sites is 2. The van der Waals surface area contributed by atoms with Crippen molar-refractivity contribution in [3.63, 3.8) is 0 Å². The standard InChI is InChI=1S/C52H34N4OSi/c53-35-36-31-41(39-21-15-22-40(33-39)52-55-50(37-17-5-1-6-18-37)54-51(56-52)38-19-7-2-8-20-38)34-42(32-36)45-27-16-30-48-49(45)57-46-28-13-14-29-47(46)58(48,43-23-9-3-10-24-43)44-25-11-4-12-26-44/h1-34H. The predicted octanol–water partition coefficient (Wildman–Crippen LogP) is 9.56. The van der Waals surface area contributed by atoms with Crippen LogP contribution >= 0.6 is 0 Å². The van der Waals surface area contributed by atoms with Crippen molar-refractivity contribution in [2.45, 2.75) is 0 Å². The fourth-order valence-electron chi connectivity index (χ4n) is 8.24. The minimum atomic E-state index is -2.85.